The van der Waals surface area contributed by atoms with Gasteiger partial charge in [0.25, 0.3) is 0 Å². The number of alkyl halides is 3. The minimum atomic E-state index is -4.37. The molecule has 0 fully saturated rings. The summed E-state index contributed by atoms with van der Waals surface area (Å²) in [5, 5.41) is 0. The van der Waals surface area contributed by atoms with E-state index < -0.39 is 17.8 Å². The molecular weight excluding hydrogens is 359 g/mol. The number of nitrogens with one attached hydrogen (secondary N) is 1. The van der Waals surface area contributed by atoms with Crippen LogP contribution in [0.5, 0.6) is 0 Å². The van der Waals surface area contributed by atoms with Gasteiger partial charge in [0.1, 0.15) is 0 Å². The fourth-order valence-electron chi connectivity index (χ4n) is 2.85. The lowest BCUT2D eigenvalue weighted by Crippen LogP contribution is -2.46. The number of halogens is 3. The Morgan fingerprint density at radius 1 is 1.37 bits per heavy atom. The summed E-state index contributed by atoms with van der Waals surface area (Å²) in [7, 11) is 0. The van der Waals surface area contributed by atoms with E-state index in [4.69, 9.17) is 10.6 Å². The molecule has 0 unspecified atom stereocenters. The van der Waals surface area contributed by atoms with E-state index in [0.29, 0.717) is 37.4 Å². The highest BCUT2D eigenvalue weighted by atomic mass is 19.4. The van der Waals surface area contributed by atoms with Crippen LogP contribution in [0.4, 0.5) is 13.2 Å². The molecule has 8 heteroatoms. The van der Waals surface area contributed by atoms with Gasteiger partial charge in [0.15, 0.2) is 0 Å². The van der Waals surface area contributed by atoms with E-state index in [1.54, 1.807) is 11.0 Å². The van der Waals surface area contributed by atoms with Crippen molar-refractivity contribution in [3.05, 3.63) is 47.2 Å². The third-order valence-electron chi connectivity index (χ3n) is 4.26. The van der Waals surface area contributed by atoms with E-state index in [-0.39, 0.29) is 12.5 Å². The van der Waals surface area contributed by atoms with Crippen molar-refractivity contribution in [3.8, 4) is 0 Å². The first-order chi connectivity index (χ1) is 12.7. The Hall–Kier alpha value is -2.06. The third kappa shape index (κ3) is 6.55. The number of nitrogens with two attached hydrogens (primary N) is 1. The molecule has 2 rings (SSSR count). The maximum atomic E-state index is 12.7. The number of nitrogens with zero attached hydrogens (tertiary/aromatic N) is 1. The summed E-state index contributed by atoms with van der Waals surface area (Å²) in [5.74, 6) is 0.287. The zero-order valence-corrected chi connectivity index (χ0v) is 15.6. The quantitative estimate of drug-likeness (QED) is 0.708. The highest BCUT2D eigenvalue weighted by molar-refractivity contribution is 5.82. The lowest BCUT2D eigenvalue weighted by atomic mass is 10.0. The van der Waals surface area contributed by atoms with Gasteiger partial charge in [-0.25, -0.2) is 0 Å². The summed E-state index contributed by atoms with van der Waals surface area (Å²) in [4.78, 5) is 19.3. The number of carbonyl (C=O) groups excluding carboxylic acids is 1. The average molecular weight is 385 g/mol. The zero-order valence-electron chi connectivity index (χ0n) is 15.6. The SMILES string of the molecule is CC(C)C[C@H](N)C(=O)N1CC=C(NOCc2cccc(C(F)(F)F)c2)CC1. The molecule has 1 heterocycles. The van der Waals surface area contributed by atoms with Gasteiger partial charge in [-0.2, -0.15) is 13.2 Å². The van der Waals surface area contributed by atoms with Crippen LogP contribution < -0.4 is 11.2 Å². The van der Waals surface area contributed by atoms with E-state index in [9.17, 15) is 18.0 Å². The molecule has 0 radical (unpaired) electrons. The monoisotopic (exact) mass is 385 g/mol. The first kappa shape index (κ1) is 21.2. The van der Waals surface area contributed by atoms with Gasteiger partial charge in [-0.1, -0.05) is 26.0 Å². The van der Waals surface area contributed by atoms with Crippen LogP contribution in [0.25, 0.3) is 0 Å². The normalized spacial score (nSPS) is 16.3. The number of benzene rings is 1. The minimum Gasteiger partial charge on any atom is -0.337 e. The summed E-state index contributed by atoms with van der Waals surface area (Å²) in [6.45, 7) is 5.00. The number of hydrogen-bond acceptors (Lipinski definition) is 4. The predicted octanol–water partition coefficient (Wildman–Crippen LogP) is 3.22. The zero-order chi connectivity index (χ0) is 20.0. The molecule has 0 saturated carbocycles. The summed E-state index contributed by atoms with van der Waals surface area (Å²) in [5.41, 5.74) is 9.21. The van der Waals surface area contributed by atoms with Gasteiger partial charge in [-0.15, -0.1) is 0 Å². The molecule has 0 aliphatic carbocycles. The summed E-state index contributed by atoms with van der Waals surface area (Å²) < 4.78 is 38.1. The van der Waals surface area contributed by atoms with Crippen LogP contribution >= 0.6 is 0 Å². The van der Waals surface area contributed by atoms with Crippen molar-refractivity contribution < 1.29 is 22.8 Å². The standard InChI is InChI=1S/C19H26F3N3O2/c1-13(2)10-17(23)18(26)25-8-6-16(7-9-25)24-27-12-14-4-3-5-15(11-14)19(20,21)22/h3-6,11,13,17,24H,7-10,12,23H2,1-2H3/t17-/m0/s1. The first-order valence-electron chi connectivity index (χ1n) is 8.94. The van der Waals surface area contributed by atoms with E-state index in [0.717, 1.165) is 17.8 Å². The summed E-state index contributed by atoms with van der Waals surface area (Å²) in [6.07, 6.45) is -1.33. The molecule has 3 N–H and O–H groups in total. The lowest BCUT2D eigenvalue weighted by Gasteiger charge is -2.29. The van der Waals surface area contributed by atoms with Crippen LogP contribution in [0.15, 0.2) is 36.0 Å². The van der Waals surface area contributed by atoms with Crippen LogP contribution in [0, 0.1) is 5.92 Å². The molecular formula is C19H26F3N3O2. The second kappa shape index (κ2) is 9.23. The molecule has 1 amide bonds. The largest absolute Gasteiger partial charge is 0.416 e. The Balaban J connectivity index is 1.80. The second-order valence-corrected chi connectivity index (χ2v) is 7.09. The maximum absolute atomic E-state index is 12.7. The average Bonchev–Trinajstić information content (AvgIpc) is 2.60. The van der Waals surface area contributed by atoms with Gasteiger partial charge >= 0.3 is 6.18 Å². The van der Waals surface area contributed by atoms with Gasteiger partial charge < -0.3 is 10.6 Å². The highest BCUT2D eigenvalue weighted by Gasteiger charge is 2.30. The topological polar surface area (TPSA) is 67.6 Å². The molecule has 0 spiro atoms. The number of carbonyl (C=O) groups is 1. The van der Waals surface area contributed by atoms with Gasteiger partial charge in [0.2, 0.25) is 5.91 Å². The van der Waals surface area contributed by atoms with Crippen LogP contribution in [0.1, 0.15) is 37.8 Å². The van der Waals surface area contributed by atoms with Crippen molar-refractivity contribution in [1.29, 1.82) is 0 Å². The van der Waals surface area contributed by atoms with Gasteiger partial charge in [-0.05, 0) is 36.1 Å². The molecule has 1 aliphatic heterocycles. The van der Waals surface area contributed by atoms with Gasteiger partial charge in [-0.3, -0.25) is 15.1 Å². The third-order valence-corrected chi connectivity index (χ3v) is 4.26. The first-order valence-corrected chi connectivity index (χ1v) is 8.94. The van der Waals surface area contributed by atoms with E-state index in [1.165, 1.54) is 6.07 Å². The number of hydrogen-bond donors (Lipinski definition) is 2. The van der Waals surface area contributed by atoms with Crippen molar-refractivity contribution in [2.24, 2.45) is 11.7 Å². The summed E-state index contributed by atoms with van der Waals surface area (Å²) >= 11 is 0. The van der Waals surface area contributed by atoms with Crippen molar-refractivity contribution in [2.75, 3.05) is 13.1 Å². The van der Waals surface area contributed by atoms with Crippen molar-refractivity contribution in [2.45, 2.75) is 45.5 Å². The smallest absolute Gasteiger partial charge is 0.337 e. The van der Waals surface area contributed by atoms with Crippen molar-refractivity contribution in [1.82, 2.24) is 10.4 Å². The Bertz CT molecular complexity index is 674. The number of hydroxylamine groups is 1. The van der Waals surface area contributed by atoms with E-state index in [1.807, 2.05) is 19.9 Å². The number of amides is 1. The highest BCUT2D eigenvalue weighted by Crippen LogP contribution is 2.29. The Labute approximate surface area is 157 Å². The van der Waals surface area contributed by atoms with Crippen LogP contribution in [0.3, 0.4) is 0 Å². The molecule has 1 aliphatic rings. The molecule has 0 aromatic heterocycles. The Kier molecular flexibility index (Phi) is 7.26. The minimum absolute atomic E-state index is 0.00314. The molecule has 5 nitrogen and oxygen atoms in total. The maximum Gasteiger partial charge on any atom is 0.416 e. The van der Waals surface area contributed by atoms with Gasteiger partial charge in [0.05, 0.1) is 18.2 Å². The van der Waals surface area contributed by atoms with Gasteiger partial charge in [0, 0.05) is 25.2 Å². The number of rotatable bonds is 7. The van der Waals surface area contributed by atoms with E-state index >= 15 is 0 Å². The molecule has 27 heavy (non-hydrogen) atoms. The Morgan fingerprint density at radius 2 is 2.11 bits per heavy atom. The summed E-state index contributed by atoms with van der Waals surface area (Å²) in [6, 6.07) is 4.52. The van der Waals surface area contributed by atoms with Crippen LogP contribution in [-0.2, 0) is 22.4 Å². The van der Waals surface area contributed by atoms with Crippen LogP contribution in [-0.4, -0.2) is 29.9 Å². The fourth-order valence-corrected chi connectivity index (χ4v) is 2.85. The molecule has 1 atom stereocenters. The van der Waals surface area contributed by atoms with Crippen LogP contribution in [0.2, 0.25) is 0 Å². The lowest BCUT2D eigenvalue weighted by molar-refractivity contribution is -0.137. The molecule has 1 aromatic rings. The molecule has 1 aromatic carbocycles. The van der Waals surface area contributed by atoms with E-state index in [2.05, 4.69) is 5.48 Å². The Morgan fingerprint density at radius 3 is 2.70 bits per heavy atom. The molecule has 0 bridgehead atoms. The fraction of sp³-hybridized carbons (Fsp3) is 0.526. The predicted molar refractivity (Wildman–Crippen MR) is 96.1 cm³/mol. The molecule has 150 valence electrons. The van der Waals surface area contributed by atoms with Crippen molar-refractivity contribution in [3.63, 3.8) is 0 Å². The van der Waals surface area contributed by atoms with Crippen molar-refractivity contribution >= 4 is 5.91 Å². The molecule has 0 saturated heterocycles. The second-order valence-electron chi connectivity index (χ2n) is 7.09.